The molecule has 0 amide bonds. The lowest BCUT2D eigenvalue weighted by atomic mass is 10.0. The van der Waals surface area contributed by atoms with E-state index in [4.69, 9.17) is 5.90 Å². The molecule has 0 aliphatic heterocycles. The molecule has 0 saturated carbocycles. The summed E-state index contributed by atoms with van der Waals surface area (Å²) in [7, 11) is 0. The summed E-state index contributed by atoms with van der Waals surface area (Å²) in [5.41, 5.74) is 1.60. The third kappa shape index (κ3) is 2.50. The molecule has 0 atom stereocenters. The first-order valence-corrected chi connectivity index (χ1v) is 4.25. The fourth-order valence-corrected chi connectivity index (χ4v) is 1.15. The maximum Gasteiger partial charge on any atom is 0.128 e. The SMILES string of the molecule is CC(C)c1ccc(F)c(CON)c1. The van der Waals surface area contributed by atoms with E-state index in [1.54, 1.807) is 12.1 Å². The van der Waals surface area contributed by atoms with E-state index in [1.807, 2.05) is 0 Å². The number of rotatable bonds is 3. The van der Waals surface area contributed by atoms with Crippen molar-refractivity contribution in [3.05, 3.63) is 35.1 Å². The van der Waals surface area contributed by atoms with Crippen LogP contribution in [-0.2, 0) is 11.4 Å². The molecule has 0 saturated heterocycles. The molecule has 1 rings (SSSR count). The van der Waals surface area contributed by atoms with Crippen molar-refractivity contribution < 1.29 is 9.23 Å². The maximum atomic E-state index is 13.1. The number of nitrogens with two attached hydrogens (primary N) is 1. The molecule has 72 valence electrons. The summed E-state index contributed by atoms with van der Waals surface area (Å²) in [6, 6.07) is 5.01. The fourth-order valence-electron chi connectivity index (χ4n) is 1.15. The van der Waals surface area contributed by atoms with Gasteiger partial charge < -0.3 is 0 Å². The highest BCUT2D eigenvalue weighted by Gasteiger charge is 2.05. The lowest BCUT2D eigenvalue weighted by molar-refractivity contribution is 0.121. The van der Waals surface area contributed by atoms with Crippen LogP contribution in [-0.4, -0.2) is 0 Å². The van der Waals surface area contributed by atoms with Crippen LogP contribution in [0.5, 0.6) is 0 Å². The molecule has 3 heteroatoms. The van der Waals surface area contributed by atoms with E-state index < -0.39 is 0 Å². The molecule has 0 fully saturated rings. The van der Waals surface area contributed by atoms with E-state index in [9.17, 15) is 4.39 Å². The van der Waals surface area contributed by atoms with E-state index >= 15 is 0 Å². The molecule has 0 bridgehead atoms. The van der Waals surface area contributed by atoms with Crippen LogP contribution in [0.25, 0.3) is 0 Å². The van der Waals surface area contributed by atoms with Crippen LogP contribution >= 0.6 is 0 Å². The second kappa shape index (κ2) is 4.35. The molecule has 1 aromatic rings. The summed E-state index contributed by atoms with van der Waals surface area (Å²) in [6.45, 7) is 4.23. The second-order valence-electron chi connectivity index (χ2n) is 3.32. The van der Waals surface area contributed by atoms with Gasteiger partial charge in [0.2, 0.25) is 0 Å². The lowest BCUT2D eigenvalue weighted by Crippen LogP contribution is -2.02. The largest absolute Gasteiger partial charge is 0.300 e. The molecule has 0 radical (unpaired) electrons. The molecule has 0 aromatic heterocycles. The summed E-state index contributed by atoms with van der Waals surface area (Å²) >= 11 is 0. The molecule has 0 spiro atoms. The number of halogens is 1. The van der Waals surface area contributed by atoms with Gasteiger partial charge in [-0.25, -0.2) is 10.3 Å². The monoisotopic (exact) mass is 183 g/mol. The minimum atomic E-state index is -0.269. The first-order valence-electron chi connectivity index (χ1n) is 4.25. The Labute approximate surface area is 77.5 Å². The van der Waals surface area contributed by atoms with Gasteiger partial charge >= 0.3 is 0 Å². The zero-order valence-corrected chi connectivity index (χ0v) is 7.88. The Bertz CT molecular complexity index is 286. The van der Waals surface area contributed by atoms with Gasteiger partial charge in [0, 0.05) is 5.56 Å². The quantitative estimate of drug-likeness (QED) is 0.730. The van der Waals surface area contributed by atoms with Crippen molar-refractivity contribution in [2.24, 2.45) is 5.90 Å². The molecular weight excluding hydrogens is 169 g/mol. The standard InChI is InChI=1S/C10H14FNO/c1-7(2)8-3-4-10(11)9(5-8)6-13-12/h3-5,7H,6,12H2,1-2H3. The lowest BCUT2D eigenvalue weighted by Gasteiger charge is -2.08. The van der Waals surface area contributed by atoms with Gasteiger partial charge in [-0.15, -0.1) is 0 Å². The van der Waals surface area contributed by atoms with E-state index in [1.165, 1.54) is 6.07 Å². The van der Waals surface area contributed by atoms with Crippen molar-refractivity contribution in [1.82, 2.24) is 0 Å². The molecular formula is C10H14FNO. The normalized spacial score (nSPS) is 10.8. The third-order valence-corrected chi connectivity index (χ3v) is 1.98. The molecule has 13 heavy (non-hydrogen) atoms. The van der Waals surface area contributed by atoms with Crippen LogP contribution in [0.15, 0.2) is 18.2 Å². The molecule has 1 aromatic carbocycles. The third-order valence-electron chi connectivity index (χ3n) is 1.98. The minimum Gasteiger partial charge on any atom is -0.300 e. The van der Waals surface area contributed by atoms with Gasteiger partial charge in [0.1, 0.15) is 5.82 Å². The van der Waals surface area contributed by atoms with Crippen molar-refractivity contribution in [1.29, 1.82) is 0 Å². The van der Waals surface area contributed by atoms with E-state index in [0.29, 0.717) is 11.5 Å². The molecule has 0 unspecified atom stereocenters. The zero-order chi connectivity index (χ0) is 9.84. The summed E-state index contributed by atoms with van der Waals surface area (Å²) < 4.78 is 13.1. The molecule has 0 aliphatic rings. The Morgan fingerprint density at radius 2 is 2.15 bits per heavy atom. The van der Waals surface area contributed by atoms with Gasteiger partial charge in [-0.1, -0.05) is 26.0 Å². The molecule has 2 N–H and O–H groups in total. The Balaban J connectivity index is 2.97. The fraction of sp³-hybridized carbons (Fsp3) is 0.400. The molecule has 0 aliphatic carbocycles. The predicted octanol–water partition coefficient (Wildman–Crippen LogP) is 2.34. The molecule has 0 heterocycles. The molecule has 2 nitrogen and oxygen atoms in total. The van der Waals surface area contributed by atoms with E-state index in [2.05, 4.69) is 18.7 Å². The average Bonchev–Trinajstić information content (AvgIpc) is 2.08. The van der Waals surface area contributed by atoms with Crippen molar-refractivity contribution in [2.75, 3.05) is 0 Å². The van der Waals surface area contributed by atoms with E-state index in [-0.39, 0.29) is 12.4 Å². The number of hydrogen-bond donors (Lipinski definition) is 1. The van der Waals surface area contributed by atoms with Crippen LogP contribution in [0.4, 0.5) is 4.39 Å². The predicted molar refractivity (Wildman–Crippen MR) is 49.5 cm³/mol. The Kier molecular flexibility index (Phi) is 3.39. The van der Waals surface area contributed by atoms with Gasteiger partial charge in [-0.05, 0) is 17.5 Å². The zero-order valence-electron chi connectivity index (χ0n) is 7.88. The summed E-state index contributed by atoms with van der Waals surface area (Å²) in [6.07, 6.45) is 0. The van der Waals surface area contributed by atoms with Crippen molar-refractivity contribution >= 4 is 0 Å². The van der Waals surface area contributed by atoms with Gasteiger partial charge in [-0.3, -0.25) is 4.84 Å². The smallest absolute Gasteiger partial charge is 0.128 e. The van der Waals surface area contributed by atoms with Crippen molar-refractivity contribution in [3.63, 3.8) is 0 Å². The Hall–Kier alpha value is -0.930. The van der Waals surface area contributed by atoms with E-state index in [0.717, 1.165) is 5.56 Å². The summed E-state index contributed by atoms with van der Waals surface area (Å²) in [5, 5.41) is 0. The van der Waals surface area contributed by atoms with Gasteiger partial charge in [-0.2, -0.15) is 0 Å². The first kappa shape index (κ1) is 10.2. The van der Waals surface area contributed by atoms with Crippen LogP contribution in [0.3, 0.4) is 0 Å². The number of hydrogen-bond acceptors (Lipinski definition) is 2. The van der Waals surface area contributed by atoms with Crippen LogP contribution in [0.2, 0.25) is 0 Å². The Morgan fingerprint density at radius 3 is 2.69 bits per heavy atom. The maximum absolute atomic E-state index is 13.1. The van der Waals surface area contributed by atoms with Gasteiger partial charge in [0.05, 0.1) is 6.61 Å². The van der Waals surface area contributed by atoms with Crippen LogP contribution in [0, 0.1) is 5.82 Å². The highest BCUT2D eigenvalue weighted by molar-refractivity contribution is 5.26. The summed E-state index contributed by atoms with van der Waals surface area (Å²) in [4.78, 5) is 4.40. The van der Waals surface area contributed by atoms with Crippen LogP contribution in [0.1, 0.15) is 30.9 Å². The van der Waals surface area contributed by atoms with Crippen molar-refractivity contribution in [2.45, 2.75) is 26.4 Å². The number of benzene rings is 1. The van der Waals surface area contributed by atoms with Crippen molar-refractivity contribution in [3.8, 4) is 0 Å². The Morgan fingerprint density at radius 1 is 1.46 bits per heavy atom. The minimum absolute atomic E-state index is 0.117. The van der Waals surface area contributed by atoms with Gasteiger partial charge in [0.25, 0.3) is 0 Å². The van der Waals surface area contributed by atoms with Crippen LogP contribution < -0.4 is 5.90 Å². The average molecular weight is 183 g/mol. The highest BCUT2D eigenvalue weighted by Crippen LogP contribution is 2.18. The van der Waals surface area contributed by atoms with Gasteiger partial charge in [0.15, 0.2) is 0 Å². The highest BCUT2D eigenvalue weighted by atomic mass is 19.1. The summed E-state index contributed by atoms with van der Waals surface area (Å²) in [5.74, 6) is 5.01. The first-order chi connectivity index (χ1) is 6.15. The second-order valence-corrected chi connectivity index (χ2v) is 3.32. The topological polar surface area (TPSA) is 35.2 Å².